The number of likely N-dealkylation sites (tertiary alicyclic amines) is 1. The lowest BCUT2D eigenvalue weighted by Gasteiger charge is -2.36. The van der Waals surface area contributed by atoms with Crippen LogP contribution in [0.25, 0.3) is 0 Å². The van der Waals surface area contributed by atoms with Crippen LogP contribution in [0.4, 0.5) is 0 Å². The van der Waals surface area contributed by atoms with Crippen LogP contribution in [0.5, 0.6) is 11.5 Å². The molecule has 1 aliphatic rings. The number of aliphatic hydroxyl groups excluding tert-OH is 1. The van der Waals surface area contributed by atoms with Gasteiger partial charge in [-0.3, -0.25) is 0 Å². The largest absolute Gasteiger partial charge is 0.493 e. The van der Waals surface area contributed by atoms with E-state index in [-0.39, 0.29) is 12.0 Å². The van der Waals surface area contributed by atoms with Gasteiger partial charge in [0.1, 0.15) is 6.61 Å². The zero-order valence-corrected chi connectivity index (χ0v) is 16.4. The molecule has 0 radical (unpaired) electrons. The lowest BCUT2D eigenvalue weighted by atomic mass is 9.88. The minimum absolute atomic E-state index is 0.224. The highest BCUT2D eigenvalue weighted by Crippen LogP contribution is 2.31. The lowest BCUT2D eigenvalue weighted by Crippen LogP contribution is -2.44. The van der Waals surface area contributed by atoms with Crippen LogP contribution in [0.3, 0.4) is 0 Å². The fraction of sp³-hybridized carbons (Fsp3) is 0.478. The van der Waals surface area contributed by atoms with E-state index in [4.69, 9.17) is 9.47 Å². The van der Waals surface area contributed by atoms with Crippen molar-refractivity contribution in [1.82, 2.24) is 4.90 Å². The molecule has 0 amide bonds. The molecule has 2 atom stereocenters. The van der Waals surface area contributed by atoms with E-state index in [1.165, 1.54) is 5.56 Å². The van der Waals surface area contributed by atoms with Gasteiger partial charge in [0, 0.05) is 19.0 Å². The molecule has 1 fully saturated rings. The third-order valence-electron chi connectivity index (χ3n) is 5.28. The topological polar surface area (TPSA) is 41.9 Å². The van der Waals surface area contributed by atoms with E-state index in [0.717, 1.165) is 56.0 Å². The van der Waals surface area contributed by atoms with Crippen molar-refractivity contribution in [2.24, 2.45) is 5.92 Å². The van der Waals surface area contributed by atoms with E-state index < -0.39 is 0 Å². The number of hydrogen-bond acceptors (Lipinski definition) is 4. The maximum atomic E-state index is 10.4. The number of hydrogen-bond donors (Lipinski definition) is 1. The van der Waals surface area contributed by atoms with Crippen LogP contribution in [0.15, 0.2) is 48.5 Å². The molecule has 0 bridgehead atoms. The predicted molar refractivity (Wildman–Crippen MR) is 108 cm³/mol. The van der Waals surface area contributed by atoms with Crippen molar-refractivity contribution in [2.45, 2.75) is 38.9 Å². The molecule has 3 rings (SSSR count). The summed E-state index contributed by atoms with van der Waals surface area (Å²) in [6.07, 6.45) is 2.65. The lowest BCUT2D eigenvalue weighted by molar-refractivity contribution is 0.0270. The Hall–Kier alpha value is -2.04. The van der Waals surface area contributed by atoms with E-state index in [1.54, 1.807) is 7.11 Å². The maximum absolute atomic E-state index is 10.4. The number of methoxy groups -OCH3 is 1. The molecule has 4 heteroatoms. The molecule has 2 aromatic carbocycles. The molecule has 0 saturated carbocycles. The first-order chi connectivity index (χ1) is 13.2. The van der Waals surface area contributed by atoms with Crippen LogP contribution in [-0.4, -0.2) is 42.9 Å². The third kappa shape index (κ3) is 5.47. The molecule has 1 N–H and O–H groups in total. The fourth-order valence-corrected chi connectivity index (χ4v) is 3.81. The van der Waals surface area contributed by atoms with Crippen molar-refractivity contribution in [2.75, 3.05) is 26.7 Å². The van der Waals surface area contributed by atoms with Crippen molar-refractivity contribution in [3.05, 3.63) is 59.7 Å². The van der Waals surface area contributed by atoms with Crippen molar-refractivity contribution in [1.29, 1.82) is 0 Å². The molecular weight excluding hydrogens is 338 g/mol. The van der Waals surface area contributed by atoms with E-state index in [1.807, 2.05) is 42.5 Å². The molecule has 0 spiro atoms. The van der Waals surface area contributed by atoms with Crippen LogP contribution >= 0.6 is 0 Å². The first-order valence-corrected chi connectivity index (χ1v) is 9.93. The Morgan fingerprint density at radius 3 is 2.63 bits per heavy atom. The van der Waals surface area contributed by atoms with Gasteiger partial charge in [0.15, 0.2) is 11.5 Å². The smallest absolute Gasteiger partial charge is 0.161 e. The molecule has 27 heavy (non-hydrogen) atoms. The Kier molecular flexibility index (Phi) is 7.13. The van der Waals surface area contributed by atoms with Gasteiger partial charge >= 0.3 is 0 Å². The highest BCUT2D eigenvalue weighted by Gasteiger charge is 2.27. The summed E-state index contributed by atoms with van der Waals surface area (Å²) >= 11 is 0. The first kappa shape index (κ1) is 19.7. The summed E-state index contributed by atoms with van der Waals surface area (Å²) in [7, 11) is 1.67. The summed E-state index contributed by atoms with van der Waals surface area (Å²) < 4.78 is 11.5. The van der Waals surface area contributed by atoms with Gasteiger partial charge in [0.05, 0.1) is 13.2 Å². The van der Waals surface area contributed by atoms with Crippen LogP contribution in [0.1, 0.15) is 30.9 Å². The van der Waals surface area contributed by atoms with Gasteiger partial charge in [-0.05, 0) is 49.1 Å². The molecule has 2 aromatic rings. The van der Waals surface area contributed by atoms with E-state index in [2.05, 4.69) is 17.9 Å². The summed E-state index contributed by atoms with van der Waals surface area (Å²) in [6.45, 7) is 5.80. The molecule has 0 aliphatic carbocycles. The Morgan fingerprint density at radius 2 is 1.89 bits per heavy atom. The summed E-state index contributed by atoms with van der Waals surface area (Å²) in [5.74, 6) is 1.77. The van der Waals surface area contributed by atoms with Gasteiger partial charge in [-0.25, -0.2) is 0 Å². The molecule has 4 nitrogen and oxygen atoms in total. The molecular formula is C23H31NO3. The number of piperidine rings is 1. The molecule has 0 aromatic heterocycles. The summed E-state index contributed by atoms with van der Waals surface area (Å²) in [6, 6.07) is 16.2. The van der Waals surface area contributed by atoms with Gasteiger partial charge in [-0.2, -0.15) is 0 Å². The molecule has 1 aliphatic heterocycles. The average molecular weight is 370 g/mol. The highest BCUT2D eigenvalue weighted by atomic mass is 16.5. The fourth-order valence-electron chi connectivity index (χ4n) is 3.81. The number of nitrogens with zero attached hydrogens (tertiary/aromatic N) is 1. The van der Waals surface area contributed by atoms with Gasteiger partial charge in [-0.1, -0.05) is 43.3 Å². The Labute approximate surface area is 162 Å². The van der Waals surface area contributed by atoms with Gasteiger partial charge in [-0.15, -0.1) is 0 Å². The predicted octanol–water partition coefficient (Wildman–Crippen LogP) is 3.91. The number of rotatable bonds is 8. The van der Waals surface area contributed by atoms with E-state index in [9.17, 15) is 5.11 Å². The quantitative estimate of drug-likeness (QED) is 0.766. The first-order valence-electron chi connectivity index (χ1n) is 9.93. The van der Waals surface area contributed by atoms with Gasteiger partial charge < -0.3 is 19.5 Å². The Morgan fingerprint density at radius 1 is 1.07 bits per heavy atom. The summed E-state index contributed by atoms with van der Waals surface area (Å²) in [4.78, 5) is 2.46. The van der Waals surface area contributed by atoms with Crippen molar-refractivity contribution in [3.8, 4) is 11.5 Å². The number of aliphatic hydroxyl groups is 1. The number of benzene rings is 2. The number of ether oxygens (including phenoxy) is 2. The average Bonchev–Trinajstić information content (AvgIpc) is 2.70. The van der Waals surface area contributed by atoms with Crippen LogP contribution in [0, 0.1) is 5.92 Å². The second-order valence-corrected chi connectivity index (χ2v) is 7.38. The minimum Gasteiger partial charge on any atom is -0.493 e. The summed E-state index contributed by atoms with van der Waals surface area (Å²) in [5.41, 5.74) is 2.31. The molecule has 146 valence electrons. The van der Waals surface area contributed by atoms with E-state index in [0.29, 0.717) is 6.61 Å². The summed E-state index contributed by atoms with van der Waals surface area (Å²) in [5, 5.41) is 10.4. The minimum atomic E-state index is -0.224. The maximum Gasteiger partial charge on any atom is 0.161 e. The Balaban J connectivity index is 1.64. The zero-order chi connectivity index (χ0) is 19.1. The standard InChI is InChI=1S/C23H31NO3/c1-3-12-24-13-11-21(25)20(16-24)14-19-9-10-22(23(15-19)26-2)27-17-18-7-5-4-6-8-18/h4-10,15,20-21,25H,3,11-14,16-17H2,1-2H3. The molecule has 2 unspecified atom stereocenters. The molecule has 1 heterocycles. The van der Waals surface area contributed by atoms with E-state index >= 15 is 0 Å². The zero-order valence-electron chi connectivity index (χ0n) is 16.4. The van der Waals surface area contributed by atoms with Gasteiger partial charge in [0.2, 0.25) is 0 Å². The van der Waals surface area contributed by atoms with Gasteiger partial charge in [0.25, 0.3) is 0 Å². The van der Waals surface area contributed by atoms with Crippen LogP contribution in [-0.2, 0) is 13.0 Å². The SMILES string of the molecule is CCCN1CCC(O)C(Cc2ccc(OCc3ccccc3)c(OC)c2)C1. The second kappa shape index (κ2) is 9.77. The van der Waals surface area contributed by atoms with Crippen LogP contribution in [0.2, 0.25) is 0 Å². The third-order valence-corrected chi connectivity index (χ3v) is 5.28. The highest BCUT2D eigenvalue weighted by molar-refractivity contribution is 5.43. The monoisotopic (exact) mass is 369 g/mol. The second-order valence-electron chi connectivity index (χ2n) is 7.38. The normalized spacial score (nSPS) is 20.4. The Bertz CT molecular complexity index is 704. The molecule has 1 saturated heterocycles. The van der Waals surface area contributed by atoms with Crippen molar-refractivity contribution in [3.63, 3.8) is 0 Å². The van der Waals surface area contributed by atoms with Crippen molar-refractivity contribution >= 4 is 0 Å². The van der Waals surface area contributed by atoms with Crippen molar-refractivity contribution < 1.29 is 14.6 Å². The van der Waals surface area contributed by atoms with Crippen LogP contribution < -0.4 is 9.47 Å².